The van der Waals surface area contributed by atoms with Gasteiger partial charge in [0.05, 0.1) is 40.3 Å². The molecule has 0 radical (unpaired) electrons. The summed E-state index contributed by atoms with van der Waals surface area (Å²) in [5.41, 5.74) is 0. The highest BCUT2D eigenvalue weighted by Gasteiger charge is 2.21. The highest BCUT2D eigenvalue weighted by atomic mass is 16.7. The Balaban J connectivity index is 4.43. The van der Waals surface area contributed by atoms with E-state index < -0.39 is 24.3 Å². The summed E-state index contributed by atoms with van der Waals surface area (Å²) in [6.07, 6.45) is 74.7. The van der Waals surface area contributed by atoms with Crippen LogP contribution in [-0.4, -0.2) is 82.3 Å². The molecular weight excluding hydrogens is 911 g/mol. The first-order valence-corrected chi connectivity index (χ1v) is 28.0. The predicted octanol–water partition coefficient (Wildman–Crippen LogP) is 15.1. The van der Waals surface area contributed by atoms with Crippen molar-refractivity contribution in [2.24, 2.45) is 0 Å². The minimum atomic E-state index is -1.65. The lowest BCUT2D eigenvalue weighted by Gasteiger charge is -2.26. The lowest BCUT2D eigenvalue weighted by molar-refractivity contribution is -0.870. The molecule has 0 amide bonds. The first-order chi connectivity index (χ1) is 35.6. The van der Waals surface area contributed by atoms with Gasteiger partial charge in [-0.3, -0.25) is 9.59 Å². The summed E-state index contributed by atoms with van der Waals surface area (Å²) in [6, 6.07) is 0. The van der Waals surface area contributed by atoms with Gasteiger partial charge >= 0.3 is 11.9 Å². The molecular formula is C64H101NO8. The molecule has 0 heterocycles. The number of carboxylic acid groups (broad SMARTS) is 1. The van der Waals surface area contributed by atoms with Crippen molar-refractivity contribution >= 4 is 17.9 Å². The fraction of sp³-hybridized carbons (Fsp3) is 0.578. The number of hydrogen-bond acceptors (Lipinski definition) is 8. The van der Waals surface area contributed by atoms with Crippen LogP contribution in [0.15, 0.2) is 146 Å². The third-order valence-electron chi connectivity index (χ3n) is 11.1. The van der Waals surface area contributed by atoms with Gasteiger partial charge in [-0.25, -0.2) is 0 Å². The number of allylic oxidation sites excluding steroid dienone is 24. The molecule has 9 nitrogen and oxygen atoms in total. The quantitative estimate of drug-likeness (QED) is 0.0195. The van der Waals surface area contributed by atoms with Crippen molar-refractivity contribution in [2.75, 3.05) is 47.5 Å². The van der Waals surface area contributed by atoms with Gasteiger partial charge in [-0.2, -0.15) is 0 Å². The van der Waals surface area contributed by atoms with Crippen LogP contribution in [0.4, 0.5) is 0 Å². The maximum atomic E-state index is 12.8. The molecule has 0 saturated carbocycles. The van der Waals surface area contributed by atoms with Crippen molar-refractivity contribution in [3.05, 3.63) is 146 Å². The Hall–Kier alpha value is -4.83. The third-order valence-corrected chi connectivity index (χ3v) is 11.1. The number of carbonyl (C=O) groups is 3. The maximum absolute atomic E-state index is 12.8. The van der Waals surface area contributed by atoms with Crippen molar-refractivity contribution in [1.29, 1.82) is 0 Å². The Morgan fingerprint density at radius 2 is 0.753 bits per heavy atom. The molecule has 0 N–H and O–H groups in total. The van der Waals surface area contributed by atoms with Gasteiger partial charge in [0, 0.05) is 12.8 Å². The highest BCUT2D eigenvalue weighted by Crippen LogP contribution is 2.13. The fourth-order valence-corrected chi connectivity index (χ4v) is 6.84. The van der Waals surface area contributed by atoms with Crippen LogP contribution in [0.5, 0.6) is 0 Å². The second-order valence-electron chi connectivity index (χ2n) is 19.1. The first kappa shape index (κ1) is 68.2. The first-order valence-electron chi connectivity index (χ1n) is 28.0. The van der Waals surface area contributed by atoms with Crippen LogP contribution in [0.1, 0.15) is 181 Å². The second-order valence-corrected chi connectivity index (χ2v) is 19.1. The Kier molecular flexibility index (Phi) is 49.9. The number of quaternary nitrogens is 1. The molecule has 0 bridgehead atoms. The van der Waals surface area contributed by atoms with Crippen molar-refractivity contribution < 1.29 is 42.9 Å². The van der Waals surface area contributed by atoms with Crippen LogP contribution in [-0.2, 0) is 33.3 Å². The van der Waals surface area contributed by atoms with Gasteiger partial charge in [0.25, 0.3) is 0 Å². The fourth-order valence-electron chi connectivity index (χ4n) is 6.84. The van der Waals surface area contributed by atoms with E-state index in [-0.39, 0.29) is 38.6 Å². The molecule has 0 aliphatic carbocycles. The molecule has 0 aromatic heterocycles. The van der Waals surface area contributed by atoms with Crippen LogP contribution in [0.2, 0.25) is 0 Å². The molecule has 0 fully saturated rings. The molecule has 9 heteroatoms. The van der Waals surface area contributed by atoms with Gasteiger partial charge in [-0.15, -0.1) is 0 Å². The van der Waals surface area contributed by atoms with Gasteiger partial charge in [0.2, 0.25) is 0 Å². The van der Waals surface area contributed by atoms with E-state index in [0.29, 0.717) is 30.3 Å². The van der Waals surface area contributed by atoms with Gasteiger partial charge < -0.3 is 33.3 Å². The van der Waals surface area contributed by atoms with E-state index in [1.807, 2.05) is 27.2 Å². The topological polar surface area (TPSA) is 111 Å². The molecule has 73 heavy (non-hydrogen) atoms. The molecule has 0 aliphatic rings. The zero-order valence-corrected chi connectivity index (χ0v) is 46.4. The number of esters is 2. The molecule has 0 aliphatic heterocycles. The zero-order valence-electron chi connectivity index (χ0n) is 46.4. The largest absolute Gasteiger partial charge is 0.545 e. The van der Waals surface area contributed by atoms with E-state index in [4.69, 9.17) is 18.9 Å². The van der Waals surface area contributed by atoms with E-state index in [1.54, 1.807) is 0 Å². The van der Waals surface area contributed by atoms with Crippen molar-refractivity contribution in [3.8, 4) is 0 Å². The van der Waals surface area contributed by atoms with E-state index in [0.717, 1.165) is 103 Å². The number of hydrogen-bond donors (Lipinski definition) is 0. The lowest BCUT2D eigenvalue weighted by Crippen LogP contribution is -2.44. The summed E-state index contributed by atoms with van der Waals surface area (Å²) in [7, 11) is 5.88. The van der Waals surface area contributed by atoms with Crippen molar-refractivity contribution in [2.45, 2.75) is 193 Å². The predicted molar refractivity (Wildman–Crippen MR) is 306 cm³/mol. The highest BCUT2D eigenvalue weighted by molar-refractivity contribution is 5.70. The molecule has 410 valence electrons. The number of carboxylic acids is 1. The molecule has 2 atom stereocenters. The summed E-state index contributed by atoms with van der Waals surface area (Å²) in [4.78, 5) is 37.3. The average Bonchev–Trinajstić information content (AvgIpc) is 3.36. The molecule has 0 rings (SSSR count). The number of carbonyl (C=O) groups excluding carboxylic acids is 3. The van der Waals surface area contributed by atoms with Crippen LogP contribution in [0.3, 0.4) is 0 Å². The Morgan fingerprint density at radius 1 is 0.411 bits per heavy atom. The van der Waals surface area contributed by atoms with E-state index in [9.17, 15) is 19.5 Å². The minimum Gasteiger partial charge on any atom is -0.545 e. The number of ether oxygens (including phenoxy) is 4. The average molecular weight is 1010 g/mol. The summed E-state index contributed by atoms with van der Waals surface area (Å²) in [6.45, 7) is 4.41. The van der Waals surface area contributed by atoms with Gasteiger partial charge in [-0.1, -0.05) is 205 Å². The standard InChI is InChI=1S/C64H101NO8/c1-6-8-10-12-14-16-18-20-22-24-26-28-30-31-33-34-36-38-40-42-44-46-48-50-52-54-61(66)71-58-60(59-72-64(63(68)69)70-57-56-65(3,4)5)73-62(67)55-53-51-49-47-45-43-41-39-37-35-32-29-27-25-23-21-19-17-15-13-11-9-7-2/h8-11,14-17,20-23,26-29,31,33,35,37,41,43,47,49,60,64H,6-7,12-13,18-19,24-25,30,32,34,36,38-40,42,44-46,48,50-59H2,1-5H3/b10-8-,11-9-,16-14-,17-15-,22-20-,23-21-,28-26-,29-27-,33-31-,37-35-,43-41-,49-47-. The lowest BCUT2D eigenvalue weighted by atomic mass is 10.1. The summed E-state index contributed by atoms with van der Waals surface area (Å²) in [5.74, 6) is -2.39. The normalized spacial score (nSPS) is 13.9. The van der Waals surface area contributed by atoms with Gasteiger partial charge in [0.1, 0.15) is 13.2 Å². The number of nitrogens with zero attached hydrogens (tertiary/aromatic N) is 1. The minimum absolute atomic E-state index is 0.127. The molecule has 0 aromatic rings. The van der Waals surface area contributed by atoms with Crippen LogP contribution in [0, 0.1) is 0 Å². The Morgan fingerprint density at radius 3 is 1.14 bits per heavy atom. The molecule has 2 unspecified atom stereocenters. The van der Waals surface area contributed by atoms with Crippen molar-refractivity contribution in [1.82, 2.24) is 0 Å². The number of rotatable bonds is 49. The van der Waals surface area contributed by atoms with E-state index in [1.165, 1.54) is 32.1 Å². The van der Waals surface area contributed by atoms with Crippen molar-refractivity contribution in [3.63, 3.8) is 0 Å². The van der Waals surface area contributed by atoms with Crippen LogP contribution < -0.4 is 5.11 Å². The van der Waals surface area contributed by atoms with E-state index >= 15 is 0 Å². The number of likely N-dealkylation sites (N-methyl/N-ethyl adjacent to an activating group) is 1. The van der Waals surface area contributed by atoms with Crippen LogP contribution >= 0.6 is 0 Å². The molecule has 0 saturated heterocycles. The number of unbranched alkanes of at least 4 members (excludes halogenated alkanes) is 10. The Bertz CT molecular complexity index is 1700. The smallest absolute Gasteiger partial charge is 0.306 e. The maximum Gasteiger partial charge on any atom is 0.306 e. The summed E-state index contributed by atoms with van der Waals surface area (Å²) >= 11 is 0. The molecule has 0 aromatic carbocycles. The monoisotopic (exact) mass is 1010 g/mol. The van der Waals surface area contributed by atoms with E-state index in [2.05, 4.69) is 154 Å². The zero-order chi connectivity index (χ0) is 53.4. The number of aliphatic carboxylic acids is 1. The SMILES string of the molecule is CC/C=C\C/C=C\C/C=C\C/C=C\C/C=C\C/C=C\C/C=C\CCCC(=O)OC(COC(=O)CCCCCCCCCCC/C=C\C/C=C\C/C=C\C/C=C\C/C=C\CC)COC(OCC[N+](C)(C)C)C(=O)[O-]. The van der Waals surface area contributed by atoms with Gasteiger partial charge in [-0.05, 0) is 109 Å². The van der Waals surface area contributed by atoms with Gasteiger partial charge in [0.15, 0.2) is 12.4 Å². The Labute approximate surface area is 445 Å². The summed E-state index contributed by atoms with van der Waals surface area (Å²) < 4.78 is 22.6. The van der Waals surface area contributed by atoms with Crippen LogP contribution in [0.25, 0.3) is 0 Å². The third kappa shape index (κ3) is 54.8. The second kappa shape index (κ2) is 53.5. The summed E-state index contributed by atoms with van der Waals surface area (Å²) in [5, 5.41) is 11.8. The molecule has 0 spiro atoms.